The van der Waals surface area contributed by atoms with Crippen LogP contribution in [0, 0.1) is 0 Å². The Bertz CT molecular complexity index is 720. The lowest BCUT2D eigenvalue weighted by molar-refractivity contribution is 0.310. The van der Waals surface area contributed by atoms with Crippen molar-refractivity contribution >= 4 is 5.96 Å². The van der Waals surface area contributed by atoms with Crippen LogP contribution in [0.15, 0.2) is 47.6 Å². The molecule has 0 bridgehead atoms. The number of nitrogens with one attached hydrogen (secondary N) is 2. The second-order valence-electron chi connectivity index (χ2n) is 6.28. The van der Waals surface area contributed by atoms with Crippen LogP contribution in [0.25, 0.3) is 0 Å². The number of ether oxygens (including phenoxy) is 2. The van der Waals surface area contributed by atoms with Crippen molar-refractivity contribution in [2.45, 2.75) is 33.1 Å². The van der Waals surface area contributed by atoms with Gasteiger partial charge in [0.15, 0.2) is 17.5 Å². The Morgan fingerprint density at radius 3 is 2.68 bits per heavy atom. The molecule has 0 aliphatic carbocycles. The third-order valence-corrected chi connectivity index (χ3v) is 4.17. The van der Waals surface area contributed by atoms with E-state index in [1.807, 2.05) is 37.4 Å². The molecule has 28 heavy (non-hydrogen) atoms. The van der Waals surface area contributed by atoms with E-state index in [1.165, 1.54) is 5.56 Å². The maximum Gasteiger partial charge on any atom is 0.191 e. The molecule has 0 saturated heterocycles. The van der Waals surface area contributed by atoms with Gasteiger partial charge >= 0.3 is 0 Å². The molecule has 2 aromatic rings. The average molecular weight is 385 g/mol. The fraction of sp³-hybridized carbons (Fsp3) is 0.455. The molecule has 0 radical (unpaired) electrons. The van der Waals surface area contributed by atoms with Crippen molar-refractivity contribution in [3.63, 3.8) is 0 Å². The van der Waals surface area contributed by atoms with Gasteiger partial charge in [0.25, 0.3) is 0 Å². The van der Waals surface area contributed by atoms with Gasteiger partial charge in [0, 0.05) is 37.9 Å². The molecule has 0 fully saturated rings. The Morgan fingerprint density at radius 1 is 1.07 bits per heavy atom. The lowest BCUT2D eigenvalue weighted by Gasteiger charge is -2.12. The zero-order chi connectivity index (χ0) is 20.0. The fourth-order valence-corrected chi connectivity index (χ4v) is 2.82. The predicted molar refractivity (Wildman–Crippen MR) is 114 cm³/mol. The van der Waals surface area contributed by atoms with Crippen LogP contribution in [-0.2, 0) is 12.8 Å². The van der Waals surface area contributed by atoms with E-state index in [2.05, 4.69) is 39.7 Å². The molecule has 1 heterocycles. The summed E-state index contributed by atoms with van der Waals surface area (Å²) in [6.07, 6.45) is 4.61. The number of aryl methyl sites for hydroxylation is 1. The minimum Gasteiger partial charge on any atom is -0.493 e. The van der Waals surface area contributed by atoms with E-state index < -0.39 is 0 Å². The Morgan fingerprint density at radius 2 is 1.96 bits per heavy atom. The summed E-state index contributed by atoms with van der Waals surface area (Å²) in [4.78, 5) is 9.01. The van der Waals surface area contributed by atoms with E-state index >= 15 is 0 Å². The van der Waals surface area contributed by atoms with Gasteiger partial charge in [-0.05, 0) is 56.5 Å². The van der Waals surface area contributed by atoms with Gasteiger partial charge in [-0.3, -0.25) is 9.98 Å². The lowest BCUT2D eigenvalue weighted by Crippen LogP contribution is -2.38. The first-order valence-electron chi connectivity index (χ1n) is 9.98. The van der Waals surface area contributed by atoms with Gasteiger partial charge in [-0.15, -0.1) is 0 Å². The predicted octanol–water partition coefficient (Wildman–Crippen LogP) is 3.22. The molecule has 0 amide bonds. The Kier molecular flexibility index (Phi) is 9.69. The number of hydrogen-bond donors (Lipinski definition) is 2. The summed E-state index contributed by atoms with van der Waals surface area (Å²) in [5.74, 6) is 2.42. The summed E-state index contributed by atoms with van der Waals surface area (Å²) in [7, 11) is 1.66. The maximum absolute atomic E-state index is 5.65. The van der Waals surface area contributed by atoms with Crippen molar-refractivity contribution < 1.29 is 9.47 Å². The highest BCUT2D eigenvalue weighted by molar-refractivity contribution is 5.79. The zero-order valence-corrected chi connectivity index (χ0v) is 17.2. The minimum atomic E-state index is 0.625. The quantitative estimate of drug-likeness (QED) is 0.354. The highest BCUT2D eigenvalue weighted by atomic mass is 16.5. The molecule has 0 spiro atoms. The van der Waals surface area contributed by atoms with E-state index in [9.17, 15) is 0 Å². The van der Waals surface area contributed by atoms with Crippen LogP contribution in [0.3, 0.4) is 0 Å². The van der Waals surface area contributed by atoms with Gasteiger partial charge in [-0.1, -0.05) is 12.1 Å². The SMILES string of the molecule is CCNC(=NCCCc1ccc(OC)c(OCC)c1)NCCc1ccccn1. The number of benzene rings is 1. The second-order valence-corrected chi connectivity index (χ2v) is 6.28. The topological polar surface area (TPSA) is 67.8 Å². The van der Waals surface area contributed by atoms with Crippen molar-refractivity contribution in [3.8, 4) is 11.5 Å². The van der Waals surface area contributed by atoms with Crippen LogP contribution >= 0.6 is 0 Å². The number of methoxy groups -OCH3 is 1. The van der Waals surface area contributed by atoms with Crippen LogP contribution in [0.4, 0.5) is 0 Å². The molecule has 1 aromatic heterocycles. The smallest absolute Gasteiger partial charge is 0.191 e. The molecule has 1 aromatic carbocycles. The number of aromatic nitrogens is 1. The number of aliphatic imine (C=N–C) groups is 1. The number of nitrogens with zero attached hydrogens (tertiary/aromatic N) is 2. The molecular formula is C22H32N4O2. The Balaban J connectivity index is 1.80. The van der Waals surface area contributed by atoms with E-state index in [0.29, 0.717) is 6.61 Å². The van der Waals surface area contributed by atoms with Gasteiger partial charge in [0.1, 0.15) is 0 Å². The van der Waals surface area contributed by atoms with Gasteiger partial charge in [-0.2, -0.15) is 0 Å². The summed E-state index contributed by atoms with van der Waals surface area (Å²) >= 11 is 0. The van der Waals surface area contributed by atoms with Crippen LogP contribution in [0.1, 0.15) is 31.5 Å². The summed E-state index contributed by atoms with van der Waals surface area (Å²) in [6, 6.07) is 12.1. The van der Waals surface area contributed by atoms with Gasteiger partial charge in [0.2, 0.25) is 0 Å². The molecule has 0 aliphatic rings. The van der Waals surface area contributed by atoms with Crippen LogP contribution < -0.4 is 20.1 Å². The van der Waals surface area contributed by atoms with Crippen molar-refractivity contribution in [3.05, 3.63) is 53.9 Å². The lowest BCUT2D eigenvalue weighted by atomic mass is 10.1. The zero-order valence-electron chi connectivity index (χ0n) is 17.2. The largest absolute Gasteiger partial charge is 0.493 e. The monoisotopic (exact) mass is 384 g/mol. The van der Waals surface area contributed by atoms with Gasteiger partial charge in [0.05, 0.1) is 13.7 Å². The second kappa shape index (κ2) is 12.6. The number of hydrogen-bond acceptors (Lipinski definition) is 4. The van der Waals surface area contributed by atoms with Crippen molar-refractivity contribution in [2.24, 2.45) is 4.99 Å². The molecule has 0 aliphatic heterocycles. The highest BCUT2D eigenvalue weighted by Crippen LogP contribution is 2.28. The van der Waals surface area contributed by atoms with Gasteiger partial charge < -0.3 is 20.1 Å². The van der Waals surface area contributed by atoms with E-state index in [0.717, 1.165) is 62.0 Å². The molecule has 0 unspecified atom stereocenters. The molecule has 6 heteroatoms. The molecule has 6 nitrogen and oxygen atoms in total. The summed E-state index contributed by atoms with van der Waals surface area (Å²) in [5, 5.41) is 6.66. The van der Waals surface area contributed by atoms with Crippen LogP contribution in [-0.4, -0.2) is 44.3 Å². The van der Waals surface area contributed by atoms with E-state index in [4.69, 9.17) is 9.47 Å². The number of pyridine rings is 1. The molecule has 152 valence electrons. The van der Waals surface area contributed by atoms with E-state index in [1.54, 1.807) is 7.11 Å². The first-order chi connectivity index (χ1) is 13.8. The average Bonchev–Trinajstić information content (AvgIpc) is 2.72. The number of rotatable bonds is 11. The van der Waals surface area contributed by atoms with Crippen LogP contribution in [0.5, 0.6) is 11.5 Å². The first-order valence-corrected chi connectivity index (χ1v) is 9.98. The summed E-state index contributed by atoms with van der Waals surface area (Å²) in [6.45, 7) is 7.08. The third-order valence-electron chi connectivity index (χ3n) is 4.17. The first kappa shape index (κ1) is 21.5. The molecule has 2 rings (SSSR count). The molecule has 0 saturated carbocycles. The normalized spacial score (nSPS) is 11.2. The van der Waals surface area contributed by atoms with Crippen molar-refractivity contribution in [2.75, 3.05) is 33.4 Å². The Hall–Kier alpha value is -2.76. The fourth-order valence-electron chi connectivity index (χ4n) is 2.82. The van der Waals surface area contributed by atoms with E-state index in [-0.39, 0.29) is 0 Å². The van der Waals surface area contributed by atoms with Gasteiger partial charge in [-0.25, -0.2) is 0 Å². The highest BCUT2D eigenvalue weighted by Gasteiger charge is 2.05. The molecule has 2 N–H and O–H groups in total. The molecular weight excluding hydrogens is 352 g/mol. The Labute approximate surface area is 168 Å². The third kappa shape index (κ3) is 7.47. The van der Waals surface area contributed by atoms with Crippen molar-refractivity contribution in [1.29, 1.82) is 0 Å². The van der Waals surface area contributed by atoms with Crippen molar-refractivity contribution in [1.82, 2.24) is 15.6 Å². The van der Waals surface area contributed by atoms with Crippen LogP contribution in [0.2, 0.25) is 0 Å². The summed E-state index contributed by atoms with van der Waals surface area (Å²) < 4.78 is 11.0. The summed E-state index contributed by atoms with van der Waals surface area (Å²) in [5.41, 5.74) is 2.31. The molecule has 0 atom stereocenters. The number of guanidine groups is 1. The standard InChI is InChI=1S/C22H32N4O2/c1-4-23-22(26-16-13-19-10-6-7-14-24-19)25-15-8-9-18-11-12-20(27-3)21(17-18)28-5-2/h6-7,10-12,14,17H,4-5,8-9,13,15-16H2,1-3H3,(H2,23,25,26). The minimum absolute atomic E-state index is 0.625. The maximum atomic E-state index is 5.65.